The van der Waals surface area contributed by atoms with Crippen molar-refractivity contribution in [3.05, 3.63) is 0 Å². The van der Waals surface area contributed by atoms with E-state index in [1.807, 2.05) is 0 Å². The second-order valence-electron chi connectivity index (χ2n) is 5.86. The molecule has 0 aliphatic heterocycles. The molecule has 0 bridgehead atoms. The number of hydrogen-bond acceptors (Lipinski definition) is 5. The Morgan fingerprint density at radius 3 is 1.76 bits per heavy atom. The van der Waals surface area contributed by atoms with Crippen LogP contribution in [0.5, 0.6) is 0 Å². The van der Waals surface area contributed by atoms with Gasteiger partial charge in [0, 0.05) is 18.3 Å². The first-order valence-corrected chi connectivity index (χ1v) is 13.1. The molecule has 0 radical (unpaired) electrons. The zero-order chi connectivity index (χ0) is 19.0. The van der Waals surface area contributed by atoms with Crippen molar-refractivity contribution in [1.29, 1.82) is 0 Å². The van der Waals surface area contributed by atoms with Crippen LogP contribution in [0.3, 0.4) is 0 Å². The molecule has 10 heteroatoms. The highest BCUT2D eigenvalue weighted by Crippen LogP contribution is 2.06. The molecule has 0 unspecified atom stereocenters. The van der Waals surface area contributed by atoms with Crippen LogP contribution in [-0.2, 0) is 24.3 Å². The third-order valence-electron chi connectivity index (χ3n) is 3.48. The van der Waals surface area contributed by atoms with Crippen molar-refractivity contribution in [1.82, 2.24) is 4.72 Å². The molecule has 25 heavy (non-hydrogen) atoms. The maximum atomic E-state index is 11.7. The molecule has 0 rings (SSSR count). The van der Waals surface area contributed by atoms with Crippen LogP contribution in [0.25, 0.3) is 0 Å². The van der Waals surface area contributed by atoms with Crippen LogP contribution >= 0.6 is 23.2 Å². The molecule has 0 atom stereocenters. The fourth-order valence-corrected chi connectivity index (χ4v) is 4.69. The van der Waals surface area contributed by atoms with Crippen LogP contribution in [0.4, 0.5) is 0 Å². The van der Waals surface area contributed by atoms with Gasteiger partial charge in [-0.05, 0) is 32.1 Å². The average Bonchev–Trinajstić information content (AvgIpc) is 2.54. The zero-order valence-corrected chi connectivity index (χ0v) is 17.9. The summed E-state index contributed by atoms with van der Waals surface area (Å²) in [6, 6.07) is 0. The van der Waals surface area contributed by atoms with Gasteiger partial charge >= 0.3 is 0 Å². The average molecular weight is 440 g/mol. The SMILES string of the molecule is O=S(=O)(CCCCCCCl)NCCCOS(=O)(=O)CCCCCCCl. The molecule has 0 aromatic rings. The van der Waals surface area contributed by atoms with E-state index in [1.54, 1.807) is 0 Å². The van der Waals surface area contributed by atoms with E-state index >= 15 is 0 Å². The van der Waals surface area contributed by atoms with Gasteiger partial charge in [-0.25, -0.2) is 13.1 Å². The van der Waals surface area contributed by atoms with Crippen LogP contribution in [0, 0.1) is 0 Å². The number of hydrogen-bond donors (Lipinski definition) is 1. The van der Waals surface area contributed by atoms with Crippen LogP contribution in [0.15, 0.2) is 0 Å². The van der Waals surface area contributed by atoms with E-state index in [4.69, 9.17) is 27.4 Å². The minimum absolute atomic E-state index is 0.0106. The molecule has 0 aromatic carbocycles. The fourth-order valence-electron chi connectivity index (χ4n) is 2.08. The van der Waals surface area contributed by atoms with E-state index < -0.39 is 20.1 Å². The van der Waals surface area contributed by atoms with Gasteiger partial charge in [0.05, 0.1) is 18.1 Å². The zero-order valence-electron chi connectivity index (χ0n) is 14.7. The molecule has 0 heterocycles. The number of halogens is 2. The van der Waals surface area contributed by atoms with E-state index in [0.29, 0.717) is 31.0 Å². The van der Waals surface area contributed by atoms with Gasteiger partial charge in [0.2, 0.25) is 10.0 Å². The lowest BCUT2D eigenvalue weighted by Gasteiger charge is -2.08. The Bertz CT molecular complexity index is 466. The van der Waals surface area contributed by atoms with Gasteiger partial charge in [-0.15, -0.1) is 23.2 Å². The molecule has 0 spiro atoms. The van der Waals surface area contributed by atoms with E-state index in [0.717, 1.165) is 38.5 Å². The van der Waals surface area contributed by atoms with Gasteiger partial charge in [-0.2, -0.15) is 8.42 Å². The minimum atomic E-state index is -3.53. The summed E-state index contributed by atoms with van der Waals surface area (Å²) in [6.45, 7) is 0.164. The topological polar surface area (TPSA) is 89.5 Å². The van der Waals surface area contributed by atoms with Crippen molar-refractivity contribution in [2.24, 2.45) is 0 Å². The predicted octanol–water partition coefficient (Wildman–Crippen LogP) is 3.24. The molecule has 6 nitrogen and oxygen atoms in total. The molecule has 0 aliphatic rings. The summed E-state index contributed by atoms with van der Waals surface area (Å²) < 4.78 is 54.1. The Kier molecular flexibility index (Phi) is 15.7. The lowest BCUT2D eigenvalue weighted by atomic mass is 10.2. The summed E-state index contributed by atoms with van der Waals surface area (Å²) in [5.74, 6) is 1.26. The standard InChI is InChI=1S/C15H31Cl2NO5S2/c16-10-5-1-3-7-14-24(19,20)18-12-9-13-23-25(21,22)15-8-4-2-6-11-17/h18H,1-15H2. The summed E-state index contributed by atoms with van der Waals surface area (Å²) in [5.41, 5.74) is 0. The third kappa shape index (κ3) is 17.6. The normalized spacial score (nSPS) is 12.6. The molecule has 1 N–H and O–H groups in total. The molecular weight excluding hydrogens is 409 g/mol. The highest BCUT2D eigenvalue weighted by atomic mass is 35.5. The van der Waals surface area contributed by atoms with Crippen LogP contribution in [0.2, 0.25) is 0 Å². The van der Waals surface area contributed by atoms with Gasteiger partial charge in [-0.3, -0.25) is 4.18 Å². The highest BCUT2D eigenvalue weighted by Gasteiger charge is 2.12. The van der Waals surface area contributed by atoms with Crippen LogP contribution in [-0.4, -0.2) is 53.3 Å². The fraction of sp³-hybridized carbons (Fsp3) is 1.00. The van der Waals surface area contributed by atoms with Crippen molar-refractivity contribution in [3.8, 4) is 0 Å². The molecule has 0 amide bonds. The molecular formula is C15H31Cl2NO5S2. The number of sulfonamides is 1. The molecule has 0 saturated carbocycles. The van der Waals surface area contributed by atoms with Gasteiger partial charge in [0.15, 0.2) is 0 Å². The number of unbranched alkanes of at least 4 members (excludes halogenated alkanes) is 6. The monoisotopic (exact) mass is 439 g/mol. The maximum absolute atomic E-state index is 11.7. The first-order chi connectivity index (χ1) is 11.8. The predicted molar refractivity (Wildman–Crippen MR) is 105 cm³/mol. The minimum Gasteiger partial charge on any atom is -0.270 e. The van der Waals surface area contributed by atoms with Crippen molar-refractivity contribution in [3.63, 3.8) is 0 Å². The summed E-state index contributed by atoms with van der Waals surface area (Å²) in [4.78, 5) is 0. The van der Waals surface area contributed by atoms with Crippen molar-refractivity contribution < 1.29 is 21.0 Å². The molecule has 0 fully saturated rings. The maximum Gasteiger partial charge on any atom is 0.267 e. The second-order valence-corrected chi connectivity index (χ2v) is 10.3. The second kappa shape index (κ2) is 15.5. The molecule has 0 aliphatic carbocycles. The van der Waals surface area contributed by atoms with Gasteiger partial charge in [0.25, 0.3) is 10.1 Å². The Balaban J connectivity index is 3.71. The molecule has 152 valence electrons. The Labute approximate surface area is 163 Å². The van der Waals surface area contributed by atoms with Gasteiger partial charge < -0.3 is 0 Å². The third-order valence-corrected chi connectivity index (χ3v) is 6.80. The number of alkyl halides is 2. The van der Waals surface area contributed by atoms with Crippen LogP contribution < -0.4 is 4.72 Å². The summed E-state index contributed by atoms with van der Waals surface area (Å²) in [5, 5.41) is 0. The van der Waals surface area contributed by atoms with E-state index in [1.165, 1.54) is 0 Å². The van der Waals surface area contributed by atoms with Gasteiger partial charge in [-0.1, -0.05) is 25.7 Å². The Morgan fingerprint density at radius 1 is 0.680 bits per heavy atom. The van der Waals surface area contributed by atoms with Crippen molar-refractivity contribution in [2.45, 2.75) is 57.8 Å². The lowest BCUT2D eigenvalue weighted by molar-refractivity contribution is 0.312. The number of nitrogens with one attached hydrogen (secondary N) is 1. The summed E-state index contributed by atoms with van der Waals surface area (Å²) in [6.07, 6.45) is 6.72. The summed E-state index contributed by atoms with van der Waals surface area (Å²) >= 11 is 11.1. The van der Waals surface area contributed by atoms with E-state index in [-0.39, 0.29) is 24.7 Å². The molecule has 0 aromatic heterocycles. The van der Waals surface area contributed by atoms with Crippen molar-refractivity contribution >= 4 is 43.3 Å². The smallest absolute Gasteiger partial charge is 0.267 e. The highest BCUT2D eigenvalue weighted by molar-refractivity contribution is 7.89. The Hall–Kier alpha value is 0.400. The number of rotatable bonds is 18. The summed E-state index contributed by atoms with van der Waals surface area (Å²) in [7, 11) is -6.84. The van der Waals surface area contributed by atoms with E-state index in [2.05, 4.69) is 4.72 Å². The Morgan fingerprint density at radius 2 is 1.20 bits per heavy atom. The molecule has 0 saturated heterocycles. The quantitative estimate of drug-likeness (QED) is 0.201. The lowest BCUT2D eigenvalue weighted by Crippen LogP contribution is -2.28. The van der Waals surface area contributed by atoms with E-state index in [9.17, 15) is 16.8 Å². The van der Waals surface area contributed by atoms with Crippen molar-refractivity contribution in [2.75, 3.05) is 36.4 Å². The first kappa shape index (κ1) is 25.4. The largest absolute Gasteiger partial charge is 0.270 e. The van der Waals surface area contributed by atoms with Crippen LogP contribution in [0.1, 0.15) is 57.8 Å². The van der Waals surface area contributed by atoms with Gasteiger partial charge in [0.1, 0.15) is 0 Å². The first-order valence-electron chi connectivity index (χ1n) is 8.79.